The molecule has 0 saturated carbocycles. The molecule has 0 bridgehead atoms. The van der Waals surface area contributed by atoms with Crippen molar-refractivity contribution >= 4 is 0 Å². The summed E-state index contributed by atoms with van der Waals surface area (Å²) < 4.78 is 5.34. The number of nitrogens with one attached hydrogen (secondary N) is 1. The average Bonchev–Trinajstić information content (AvgIpc) is 2.43. The fraction of sp³-hybridized carbons (Fsp3) is 0.571. The Balaban J connectivity index is 2.61. The van der Waals surface area contributed by atoms with Crippen LogP contribution >= 0.6 is 0 Å². The smallest absolute Gasteiger partial charge is 0.0948 e. The fourth-order valence-corrected chi connectivity index (χ4v) is 2.03. The molecule has 1 unspecified atom stereocenters. The van der Waals surface area contributed by atoms with Crippen LogP contribution in [0.25, 0.3) is 0 Å². The first-order chi connectivity index (χ1) is 8.72. The molecule has 0 aliphatic rings. The monoisotopic (exact) mass is 253 g/mol. The maximum atomic E-state index is 9.84. The lowest BCUT2D eigenvalue weighted by molar-refractivity contribution is -0.0147. The Hall–Kier alpha value is -0.940. The van der Waals surface area contributed by atoms with Crippen LogP contribution in [0, 0.1) is 0 Å². The minimum Gasteiger partial charge on any atom is -0.394 e. The van der Waals surface area contributed by atoms with Crippen LogP contribution < -0.4 is 5.32 Å². The van der Waals surface area contributed by atoms with Gasteiger partial charge in [-0.15, -0.1) is 0 Å². The van der Waals surface area contributed by atoms with Gasteiger partial charge in [-0.05, 0) is 12.0 Å². The van der Waals surface area contributed by atoms with Crippen LogP contribution in [0.1, 0.15) is 18.9 Å². The quantitative estimate of drug-likeness (QED) is 0.645. The van der Waals surface area contributed by atoms with E-state index in [4.69, 9.17) is 9.84 Å². The van der Waals surface area contributed by atoms with E-state index in [0.29, 0.717) is 6.54 Å². The molecule has 0 aliphatic carbocycles. The third-order valence-electron chi connectivity index (χ3n) is 3.09. The van der Waals surface area contributed by atoms with Gasteiger partial charge in [0, 0.05) is 13.7 Å². The molecule has 3 atom stereocenters. The molecule has 3 N–H and O–H groups in total. The van der Waals surface area contributed by atoms with Crippen molar-refractivity contribution in [2.75, 3.05) is 13.7 Å². The van der Waals surface area contributed by atoms with Gasteiger partial charge in [-0.2, -0.15) is 0 Å². The Morgan fingerprint density at radius 3 is 2.44 bits per heavy atom. The normalized spacial score (nSPS) is 16.2. The minimum absolute atomic E-state index is 0.115. The highest BCUT2D eigenvalue weighted by Gasteiger charge is 2.26. The molecule has 0 fully saturated rings. The van der Waals surface area contributed by atoms with Crippen LogP contribution in [0.3, 0.4) is 0 Å². The van der Waals surface area contributed by atoms with Crippen molar-refractivity contribution < 1.29 is 14.9 Å². The maximum absolute atomic E-state index is 9.84. The zero-order valence-electron chi connectivity index (χ0n) is 11.0. The van der Waals surface area contributed by atoms with Gasteiger partial charge in [0.1, 0.15) is 0 Å². The molecule has 4 heteroatoms. The summed E-state index contributed by atoms with van der Waals surface area (Å²) in [6, 6.07) is 9.68. The number of benzene rings is 1. The highest BCUT2D eigenvalue weighted by molar-refractivity contribution is 5.14. The molecule has 0 heterocycles. The first-order valence-corrected chi connectivity index (χ1v) is 6.32. The number of aliphatic hydroxyl groups is 2. The molecule has 18 heavy (non-hydrogen) atoms. The number of methoxy groups -OCH3 is 1. The van der Waals surface area contributed by atoms with Crippen LogP contribution in [0.15, 0.2) is 30.3 Å². The van der Waals surface area contributed by atoms with Crippen LogP contribution in [0.2, 0.25) is 0 Å². The van der Waals surface area contributed by atoms with E-state index in [9.17, 15) is 5.11 Å². The van der Waals surface area contributed by atoms with Crippen molar-refractivity contribution in [2.45, 2.75) is 38.1 Å². The molecule has 0 saturated heterocycles. The SMILES string of the molecule is CCC(OC)[C@@H](NCc1ccccc1)[C@H](O)CO. The summed E-state index contributed by atoms with van der Waals surface area (Å²) in [4.78, 5) is 0. The maximum Gasteiger partial charge on any atom is 0.0948 e. The molecule has 1 aromatic rings. The Labute approximate surface area is 109 Å². The van der Waals surface area contributed by atoms with Gasteiger partial charge in [-0.25, -0.2) is 0 Å². The largest absolute Gasteiger partial charge is 0.394 e. The van der Waals surface area contributed by atoms with Gasteiger partial charge < -0.3 is 20.3 Å². The van der Waals surface area contributed by atoms with E-state index in [0.717, 1.165) is 12.0 Å². The highest BCUT2D eigenvalue weighted by atomic mass is 16.5. The van der Waals surface area contributed by atoms with Gasteiger partial charge in [0.2, 0.25) is 0 Å². The van der Waals surface area contributed by atoms with E-state index < -0.39 is 6.10 Å². The molecular formula is C14H23NO3. The molecule has 0 aromatic heterocycles. The lowest BCUT2D eigenvalue weighted by Crippen LogP contribution is -2.50. The fourth-order valence-electron chi connectivity index (χ4n) is 2.03. The van der Waals surface area contributed by atoms with Crippen LogP contribution in [-0.2, 0) is 11.3 Å². The Morgan fingerprint density at radius 1 is 1.28 bits per heavy atom. The predicted molar refractivity (Wildman–Crippen MR) is 71.3 cm³/mol. The first-order valence-electron chi connectivity index (χ1n) is 6.32. The van der Waals surface area contributed by atoms with E-state index in [1.165, 1.54) is 0 Å². The summed E-state index contributed by atoms with van der Waals surface area (Å²) >= 11 is 0. The molecule has 0 radical (unpaired) electrons. The standard InChI is InChI=1S/C14H23NO3/c1-3-13(18-2)14(12(17)10-16)15-9-11-7-5-4-6-8-11/h4-8,12-17H,3,9-10H2,1-2H3/t12-,13?,14+/m1/s1. The second-order valence-electron chi connectivity index (χ2n) is 4.32. The third kappa shape index (κ3) is 4.38. The van der Waals surface area contributed by atoms with Gasteiger partial charge in [-0.1, -0.05) is 37.3 Å². The second kappa shape index (κ2) is 8.21. The van der Waals surface area contributed by atoms with E-state index >= 15 is 0 Å². The van der Waals surface area contributed by atoms with Crippen molar-refractivity contribution in [1.82, 2.24) is 5.32 Å². The average molecular weight is 253 g/mol. The van der Waals surface area contributed by atoms with E-state index in [1.807, 2.05) is 37.3 Å². The summed E-state index contributed by atoms with van der Waals surface area (Å²) in [6.07, 6.45) is -0.158. The van der Waals surface area contributed by atoms with Gasteiger partial charge in [0.15, 0.2) is 0 Å². The number of hydrogen-bond donors (Lipinski definition) is 3. The topological polar surface area (TPSA) is 61.7 Å². The summed E-state index contributed by atoms with van der Waals surface area (Å²) in [5, 5.41) is 22.2. The molecule has 0 spiro atoms. The Kier molecular flexibility index (Phi) is 6.90. The van der Waals surface area contributed by atoms with Crippen molar-refractivity contribution in [1.29, 1.82) is 0 Å². The van der Waals surface area contributed by atoms with E-state index in [-0.39, 0.29) is 18.8 Å². The molecule has 102 valence electrons. The lowest BCUT2D eigenvalue weighted by atomic mass is 10.0. The summed E-state index contributed by atoms with van der Waals surface area (Å²) in [6.45, 7) is 2.37. The molecule has 0 aliphatic heterocycles. The van der Waals surface area contributed by atoms with Gasteiger partial charge in [-0.3, -0.25) is 0 Å². The second-order valence-corrected chi connectivity index (χ2v) is 4.32. The number of rotatable bonds is 8. The van der Waals surface area contributed by atoms with Gasteiger partial charge in [0.05, 0.1) is 24.9 Å². The minimum atomic E-state index is -0.821. The summed E-state index contributed by atoms with van der Waals surface area (Å²) in [7, 11) is 1.62. The molecule has 1 rings (SSSR count). The van der Waals surface area contributed by atoms with Gasteiger partial charge >= 0.3 is 0 Å². The van der Waals surface area contributed by atoms with Gasteiger partial charge in [0.25, 0.3) is 0 Å². The Bertz CT molecular complexity index is 314. The van der Waals surface area contributed by atoms with E-state index in [2.05, 4.69) is 5.32 Å². The molecular weight excluding hydrogens is 230 g/mol. The summed E-state index contributed by atoms with van der Waals surface area (Å²) in [5.41, 5.74) is 1.14. The molecule has 1 aromatic carbocycles. The first kappa shape index (κ1) is 15.1. The number of aliphatic hydroxyl groups excluding tert-OH is 2. The van der Waals surface area contributed by atoms with Crippen molar-refractivity contribution in [3.05, 3.63) is 35.9 Å². The zero-order chi connectivity index (χ0) is 13.4. The Morgan fingerprint density at radius 2 is 1.94 bits per heavy atom. The number of hydrogen-bond acceptors (Lipinski definition) is 4. The van der Waals surface area contributed by atoms with Crippen molar-refractivity contribution in [2.24, 2.45) is 0 Å². The predicted octanol–water partition coefficient (Wildman–Crippen LogP) is 0.923. The van der Waals surface area contributed by atoms with Crippen molar-refractivity contribution in [3.8, 4) is 0 Å². The highest BCUT2D eigenvalue weighted by Crippen LogP contribution is 2.09. The zero-order valence-corrected chi connectivity index (χ0v) is 11.0. The number of ether oxygens (including phenoxy) is 1. The van der Waals surface area contributed by atoms with Crippen LogP contribution in [0.5, 0.6) is 0 Å². The van der Waals surface area contributed by atoms with Crippen molar-refractivity contribution in [3.63, 3.8) is 0 Å². The van der Waals surface area contributed by atoms with Crippen LogP contribution in [0.4, 0.5) is 0 Å². The molecule has 4 nitrogen and oxygen atoms in total. The lowest BCUT2D eigenvalue weighted by Gasteiger charge is -2.29. The molecule has 0 amide bonds. The van der Waals surface area contributed by atoms with Crippen LogP contribution in [-0.4, -0.2) is 42.2 Å². The third-order valence-corrected chi connectivity index (χ3v) is 3.09. The van der Waals surface area contributed by atoms with E-state index in [1.54, 1.807) is 7.11 Å². The summed E-state index contributed by atoms with van der Waals surface area (Å²) in [5.74, 6) is 0.